The molecule has 0 amide bonds. The Morgan fingerprint density at radius 2 is 2.35 bits per heavy atom. The molecule has 6 heteroatoms. The van der Waals surface area contributed by atoms with E-state index in [0.29, 0.717) is 18.1 Å². The average molecular weight is 256 g/mol. The highest BCUT2D eigenvalue weighted by molar-refractivity contribution is 7.84. The lowest BCUT2D eigenvalue weighted by Crippen LogP contribution is -2.12. The number of anilines is 1. The predicted molar refractivity (Wildman–Crippen MR) is 67.6 cm³/mol. The number of hydrogen-bond donors (Lipinski definition) is 1. The van der Waals surface area contributed by atoms with Crippen LogP contribution >= 0.6 is 0 Å². The molecule has 0 saturated heterocycles. The Kier molecular flexibility index (Phi) is 5.62. The SMILES string of the molecule is CCS(=O)CCNc1ccnc(C(=O)OC)c1. The summed E-state index contributed by atoms with van der Waals surface area (Å²) in [5, 5.41) is 3.09. The first-order chi connectivity index (χ1) is 8.17. The maximum absolute atomic E-state index is 11.2. The van der Waals surface area contributed by atoms with Gasteiger partial charge in [0.2, 0.25) is 0 Å². The Bertz CT molecular complexity index is 409. The zero-order chi connectivity index (χ0) is 12.7. The van der Waals surface area contributed by atoms with Crippen molar-refractivity contribution in [2.24, 2.45) is 0 Å². The fraction of sp³-hybridized carbons (Fsp3) is 0.455. The lowest BCUT2D eigenvalue weighted by atomic mass is 10.3. The molecule has 5 nitrogen and oxygen atoms in total. The zero-order valence-corrected chi connectivity index (χ0v) is 10.8. The summed E-state index contributed by atoms with van der Waals surface area (Å²) in [7, 11) is 0.528. The van der Waals surface area contributed by atoms with Crippen LogP contribution in [0.3, 0.4) is 0 Å². The molecule has 0 aliphatic heterocycles. The van der Waals surface area contributed by atoms with Crippen molar-refractivity contribution >= 4 is 22.5 Å². The van der Waals surface area contributed by atoms with Gasteiger partial charge in [-0.2, -0.15) is 0 Å². The van der Waals surface area contributed by atoms with Crippen LogP contribution in [0.1, 0.15) is 17.4 Å². The minimum Gasteiger partial charge on any atom is -0.464 e. The van der Waals surface area contributed by atoms with E-state index in [9.17, 15) is 9.00 Å². The van der Waals surface area contributed by atoms with E-state index in [0.717, 1.165) is 5.69 Å². The quantitative estimate of drug-likeness (QED) is 0.770. The van der Waals surface area contributed by atoms with E-state index in [1.165, 1.54) is 13.3 Å². The van der Waals surface area contributed by atoms with Crippen LogP contribution in [0.2, 0.25) is 0 Å². The highest BCUT2D eigenvalue weighted by Crippen LogP contribution is 2.08. The number of aromatic nitrogens is 1. The van der Waals surface area contributed by atoms with Crippen LogP contribution in [-0.2, 0) is 15.5 Å². The molecular weight excluding hydrogens is 240 g/mol. The first-order valence-corrected chi connectivity index (χ1v) is 6.79. The van der Waals surface area contributed by atoms with Crippen molar-refractivity contribution in [3.63, 3.8) is 0 Å². The Morgan fingerprint density at radius 1 is 1.59 bits per heavy atom. The number of nitrogens with one attached hydrogen (secondary N) is 1. The van der Waals surface area contributed by atoms with Crippen molar-refractivity contribution in [1.29, 1.82) is 0 Å². The number of methoxy groups -OCH3 is 1. The fourth-order valence-electron chi connectivity index (χ4n) is 1.21. The van der Waals surface area contributed by atoms with E-state index in [4.69, 9.17) is 0 Å². The summed E-state index contributed by atoms with van der Waals surface area (Å²) in [5.41, 5.74) is 1.03. The van der Waals surface area contributed by atoms with Gasteiger partial charge in [-0.05, 0) is 12.1 Å². The second kappa shape index (κ2) is 7.01. The van der Waals surface area contributed by atoms with E-state index < -0.39 is 16.8 Å². The van der Waals surface area contributed by atoms with Crippen molar-refractivity contribution in [1.82, 2.24) is 4.98 Å². The van der Waals surface area contributed by atoms with Crippen molar-refractivity contribution in [2.75, 3.05) is 30.5 Å². The molecule has 0 aromatic carbocycles. The summed E-state index contributed by atoms with van der Waals surface area (Å²) in [6.07, 6.45) is 1.53. The second-order valence-electron chi connectivity index (χ2n) is 3.28. The molecule has 0 fully saturated rings. The van der Waals surface area contributed by atoms with Gasteiger partial charge in [-0.15, -0.1) is 0 Å². The molecular formula is C11H16N2O3S. The monoisotopic (exact) mass is 256 g/mol. The molecule has 1 N–H and O–H groups in total. The molecule has 0 saturated carbocycles. The first kappa shape index (κ1) is 13.6. The van der Waals surface area contributed by atoms with Gasteiger partial charge in [0.1, 0.15) is 5.69 Å². The molecule has 1 rings (SSSR count). The second-order valence-corrected chi connectivity index (χ2v) is 5.15. The summed E-state index contributed by atoms with van der Waals surface area (Å²) in [5.74, 6) is 0.781. The molecule has 1 atom stereocenters. The molecule has 0 radical (unpaired) electrons. The summed E-state index contributed by atoms with van der Waals surface area (Å²) in [6.45, 7) is 2.49. The van der Waals surface area contributed by atoms with Gasteiger partial charge in [-0.3, -0.25) is 4.21 Å². The highest BCUT2D eigenvalue weighted by Gasteiger charge is 2.07. The van der Waals surface area contributed by atoms with Crippen LogP contribution in [0, 0.1) is 0 Å². The molecule has 0 aliphatic carbocycles. The lowest BCUT2D eigenvalue weighted by molar-refractivity contribution is 0.0594. The van der Waals surface area contributed by atoms with Gasteiger partial charge in [-0.1, -0.05) is 6.92 Å². The molecule has 0 spiro atoms. The van der Waals surface area contributed by atoms with Crippen molar-refractivity contribution in [3.8, 4) is 0 Å². The van der Waals surface area contributed by atoms with Crippen LogP contribution in [0.4, 0.5) is 5.69 Å². The molecule has 0 bridgehead atoms. The molecule has 94 valence electrons. The number of pyridine rings is 1. The fourth-order valence-corrected chi connectivity index (χ4v) is 1.83. The minimum atomic E-state index is -0.786. The number of ether oxygens (including phenoxy) is 1. The van der Waals surface area contributed by atoms with Gasteiger partial charge in [-0.25, -0.2) is 9.78 Å². The number of rotatable bonds is 6. The first-order valence-electron chi connectivity index (χ1n) is 5.30. The molecule has 0 aliphatic rings. The molecule has 1 heterocycles. The van der Waals surface area contributed by atoms with Crippen molar-refractivity contribution in [3.05, 3.63) is 24.0 Å². The number of nitrogens with zero attached hydrogens (tertiary/aromatic N) is 1. The Balaban J connectivity index is 2.54. The number of carbonyl (C=O) groups is 1. The standard InChI is InChI=1S/C11H16N2O3S/c1-3-17(15)7-6-12-9-4-5-13-10(8-9)11(14)16-2/h4-5,8H,3,6-7H2,1-2H3,(H,12,13). The summed E-state index contributed by atoms with van der Waals surface area (Å²) in [4.78, 5) is 15.1. The van der Waals surface area contributed by atoms with Crippen molar-refractivity contribution in [2.45, 2.75) is 6.92 Å². The molecule has 1 aromatic rings. The Hall–Kier alpha value is -1.43. The summed E-state index contributed by atoms with van der Waals surface area (Å²) in [6, 6.07) is 3.36. The highest BCUT2D eigenvalue weighted by atomic mass is 32.2. The average Bonchev–Trinajstić information content (AvgIpc) is 2.38. The Morgan fingerprint density at radius 3 is 3.00 bits per heavy atom. The normalized spacial score (nSPS) is 11.9. The Labute approximate surface area is 103 Å². The van der Waals surface area contributed by atoms with Gasteiger partial charge < -0.3 is 10.1 Å². The van der Waals surface area contributed by atoms with Crippen molar-refractivity contribution < 1.29 is 13.7 Å². The van der Waals surface area contributed by atoms with E-state index >= 15 is 0 Å². The van der Waals surface area contributed by atoms with Gasteiger partial charge in [0.15, 0.2) is 0 Å². The van der Waals surface area contributed by atoms with Gasteiger partial charge in [0.05, 0.1) is 7.11 Å². The predicted octanol–water partition coefficient (Wildman–Crippen LogP) is 1.05. The van der Waals surface area contributed by atoms with Gasteiger partial charge in [0, 0.05) is 40.7 Å². The third-order valence-electron chi connectivity index (χ3n) is 2.14. The van der Waals surface area contributed by atoms with E-state index in [2.05, 4.69) is 15.0 Å². The lowest BCUT2D eigenvalue weighted by Gasteiger charge is -2.06. The smallest absolute Gasteiger partial charge is 0.356 e. The third kappa shape index (κ3) is 4.52. The maximum Gasteiger partial charge on any atom is 0.356 e. The topological polar surface area (TPSA) is 68.3 Å². The van der Waals surface area contributed by atoms with Crippen LogP contribution in [-0.4, -0.2) is 40.3 Å². The molecule has 1 aromatic heterocycles. The van der Waals surface area contributed by atoms with Gasteiger partial charge >= 0.3 is 5.97 Å². The molecule has 1 unspecified atom stereocenters. The minimum absolute atomic E-state index is 0.258. The van der Waals surface area contributed by atoms with E-state index in [1.54, 1.807) is 12.1 Å². The number of esters is 1. The van der Waals surface area contributed by atoms with Crippen LogP contribution in [0.5, 0.6) is 0 Å². The van der Waals surface area contributed by atoms with E-state index in [-0.39, 0.29) is 5.69 Å². The maximum atomic E-state index is 11.2. The number of carbonyl (C=O) groups excluding carboxylic acids is 1. The van der Waals surface area contributed by atoms with Crippen LogP contribution < -0.4 is 5.32 Å². The van der Waals surface area contributed by atoms with Crippen LogP contribution in [0.15, 0.2) is 18.3 Å². The molecule has 17 heavy (non-hydrogen) atoms. The largest absolute Gasteiger partial charge is 0.464 e. The van der Waals surface area contributed by atoms with Gasteiger partial charge in [0.25, 0.3) is 0 Å². The number of hydrogen-bond acceptors (Lipinski definition) is 5. The van der Waals surface area contributed by atoms with E-state index in [1.807, 2.05) is 6.92 Å². The third-order valence-corrected chi connectivity index (χ3v) is 3.44. The van der Waals surface area contributed by atoms with Crippen LogP contribution in [0.25, 0.3) is 0 Å². The summed E-state index contributed by atoms with van der Waals surface area (Å²) >= 11 is 0. The zero-order valence-electron chi connectivity index (χ0n) is 9.93. The summed E-state index contributed by atoms with van der Waals surface area (Å²) < 4.78 is 15.8.